The number of carbonyl (C=O) groups excluding carboxylic acids is 2. The SMILES string of the molecule is Cl.O=C(CCC1CCCN1)Nc1ccc(N2CCCC2=O)cc1. The van der Waals surface area contributed by atoms with Gasteiger partial charge in [0.1, 0.15) is 0 Å². The Morgan fingerprint density at radius 2 is 2.04 bits per heavy atom. The van der Waals surface area contributed by atoms with Gasteiger partial charge in [-0.15, -0.1) is 12.4 Å². The zero-order chi connectivity index (χ0) is 15.4. The first kappa shape index (κ1) is 17.8. The molecule has 0 spiro atoms. The number of halogens is 1. The largest absolute Gasteiger partial charge is 0.326 e. The highest BCUT2D eigenvalue weighted by molar-refractivity contribution is 5.96. The molecule has 1 atom stereocenters. The summed E-state index contributed by atoms with van der Waals surface area (Å²) >= 11 is 0. The molecule has 23 heavy (non-hydrogen) atoms. The van der Waals surface area contributed by atoms with Crippen molar-refractivity contribution >= 4 is 35.6 Å². The van der Waals surface area contributed by atoms with Crippen LogP contribution in [0.2, 0.25) is 0 Å². The second-order valence-electron chi connectivity index (χ2n) is 6.08. The lowest BCUT2D eigenvalue weighted by Gasteiger charge is -2.16. The quantitative estimate of drug-likeness (QED) is 0.868. The van der Waals surface area contributed by atoms with Crippen LogP contribution in [-0.4, -0.2) is 30.9 Å². The van der Waals surface area contributed by atoms with E-state index in [1.165, 1.54) is 12.8 Å². The van der Waals surface area contributed by atoms with Gasteiger partial charge in [-0.05, 0) is 56.5 Å². The van der Waals surface area contributed by atoms with E-state index in [9.17, 15) is 9.59 Å². The highest BCUT2D eigenvalue weighted by Gasteiger charge is 2.21. The van der Waals surface area contributed by atoms with Crippen LogP contribution >= 0.6 is 12.4 Å². The van der Waals surface area contributed by atoms with Crippen molar-refractivity contribution in [3.05, 3.63) is 24.3 Å². The third-order valence-corrected chi connectivity index (χ3v) is 4.42. The highest BCUT2D eigenvalue weighted by Crippen LogP contribution is 2.23. The van der Waals surface area contributed by atoms with Gasteiger partial charge in [-0.1, -0.05) is 0 Å². The Morgan fingerprint density at radius 3 is 2.65 bits per heavy atom. The van der Waals surface area contributed by atoms with E-state index in [2.05, 4.69) is 10.6 Å². The van der Waals surface area contributed by atoms with E-state index in [4.69, 9.17) is 0 Å². The molecule has 2 aliphatic rings. The predicted octanol–water partition coefficient (Wildman–Crippen LogP) is 2.71. The Balaban J connectivity index is 0.00000192. The van der Waals surface area contributed by atoms with E-state index in [-0.39, 0.29) is 24.2 Å². The molecule has 2 saturated heterocycles. The van der Waals surface area contributed by atoms with Gasteiger partial charge in [0.05, 0.1) is 0 Å². The molecule has 6 heteroatoms. The number of hydrogen-bond donors (Lipinski definition) is 2. The molecule has 0 bridgehead atoms. The van der Waals surface area contributed by atoms with Crippen molar-refractivity contribution in [1.29, 1.82) is 0 Å². The van der Waals surface area contributed by atoms with Crippen LogP contribution in [0, 0.1) is 0 Å². The van der Waals surface area contributed by atoms with E-state index in [0.29, 0.717) is 18.9 Å². The number of hydrogen-bond acceptors (Lipinski definition) is 3. The van der Waals surface area contributed by atoms with Gasteiger partial charge in [0.15, 0.2) is 0 Å². The van der Waals surface area contributed by atoms with E-state index >= 15 is 0 Å². The van der Waals surface area contributed by atoms with Gasteiger partial charge in [-0.3, -0.25) is 9.59 Å². The lowest BCUT2D eigenvalue weighted by Crippen LogP contribution is -2.24. The molecule has 2 aliphatic heterocycles. The second-order valence-corrected chi connectivity index (χ2v) is 6.08. The van der Waals surface area contributed by atoms with Crippen LogP contribution in [-0.2, 0) is 9.59 Å². The third kappa shape index (κ3) is 4.69. The third-order valence-electron chi connectivity index (χ3n) is 4.42. The van der Waals surface area contributed by atoms with Crippen LogP contribution in [0.5, 0.6) is 0 Å². The number of rotatable bonds is 5. The fourth-order valence-electron chi connectivity index (χ4n) is 3.18. The Kier molecular flexibility index (Phi) is 6.42. The fraction of sp³-hybridized carbons (Fsp3) is 0.529. The molecule has 0 aliphatic carbocycles. The van der Waals surface area contributed by atoms with E-state index in [0.717, 1.165) is 37.3 Å². The summed E-state index contributed by atoms with van der Waals surface area (Å²) in [5, 5.41) is 6.33. The summed E-state index contributed by atoms with van der Waals surface area (Å²) in [6, 6.07) is 8.03. The van der Waals surface area contributed by atoms with Crippen molar-refractivity contribution in [2.24, 2.45) is 0 Å². The molecular weight excluding hydrogens is 314 g/mol. The van der Waals surface area contributed by atoms with Gasteiger partial charge in [0.2, 0.25) is 11.8 Å². The minimum absolute atomic E-state index is 0. The summed E-state index contributed by atoms with van der Waals surface area (Å²) in [5.41, 5.74) is 1.70. The number of nitrogens with one attached hydrogen (secondary N) is 2. The molecule has 0 aromatic heterocycles. The van der Waals surface area contributed by atoms with Crippen molar-refractivity contribution in [3.8, 4) is 0 Å². The Labute approximate surface area is 143 Å². The molecule has 3 rings (SSSR count). The minimum atomic E-state index is 0. The molecule has 2 amide bonds. The summed E-state index contributed by atoms with van der Waals surface area (Å²) in [4.78, 5) is 25.5. The lowest BCUT2D eigenvalue weighted by molar-refractivity contribution is -0.117. The molecule has 2 N–H and O–H groups in total. The van der Waals surface area contributed by atoms with Crippen LogP contribution in [0.4, 0.5) is 11.4 Å². The molecule has 0 radical (unpaired) electrons. The van der Waals surface area contributed by atoms with Crippen LogP contribution in [0.25, 0.3) is 0 Å². The molecule has 2 heterocycles. The maximum atomic E-state index is 12.0. The average molecular weight is 338 g/mol. The van der Waals surface area contributed by atoms with Gasteiger partial charge < -0.3 is 15.5 Å². The maximum absolute atomic E-state index is 12.0. The summed E-state index contributed by atoms with van der Waals surface area (Å²) in [5.74, 6) is 0.236. The predicted molar refractivity (Wildman–Crippen MR) is 94.2 cm³/mol. The summed E-state index contributed by atoms with van der Waals surface area (Å²) in [6.45, 7) is 1.86. The molecule has 0 saturated carbocycles. The smallest absolute Gasteiger partial charge is 0.227 e. The first-order chi connectivity index (χ1) is 10.7. The lowest BCUT2D eigenvalue weighted by atomic mass is 10.1. The normalized spacial score (nSPS) is 20.4. The number of nitrogens with zero attached hydrogens (tertiary/aromatic N) is 1. The molecule has 1 unspecified atom stereocenters. The van der Waals surface area contributed by atoms with Crippen molar-refractivity contribution in [1.82, 2.24) is 5.32 Å². The summed E-state index contributed by atoms with van der Waals surface area (Å²) < 4.78 is 0. The van der Waals surface area contributed by atoms with Gasteiger partial charge in [-0.25, -0.2) is 0 Å². The molecular formula is C17H24ClN3O2. The first-order valence-electron chi connectivity index (χ1n) is 8.16. The topological polar surface area (TPSA) is 61.4 Å². The summed E-state index contributed by atoms with van der Waals surface area (Å²) in [6.07, 6.45) is 5.38. The molecule has 1 aromatic carbocycles. The van der Waals surface area contributed by atoms with Crippen LogP contribution < -0.4 is 15.5 Å². The van der Waals surface area contributed by atoms with Gasteiger partial charge >= 0.3 is 0 Å². The van der Waals surface area contributed by atoms with Gasteiger partial charge in [0.25, 0.3) is 0 Å². The Hall–Kier alpha value is -1.59. The highest BCUT2D eigenvalue weighted by atomic mass is 35.5. The number of carbonyl (C=O) groups is 2. The van der Waals surface area contributed by atoms with Crippen LogP contribution in [0.1, 0.15) is 38.5 Å². The van der Waals surface area contributed by atoms with Crippen molar-refractivity contribution < 1.29 is 9.59 Å². The molecule has 2 fully saturated rings. The van der Waals surface area contributed by atoms with Crippen LogP contribution in [0.15, 0.2) is 24.3 Å². The standard InChI is InChI=1S/C17H23N3O2.ClH/c21-16(10-7-13-3-1-11-18-13)19-14-5-8-15(9-6-14)20-12-2-4-17(20)22;/h5-6,8-9,13,18H,1-4,7,10-12H2,(H,19,21);1H. The minimum Gasteiger partial charge on any atom is -0.326 e. The average Bonchev–Trinajstić information content (AvgIpc) is 3.17. The number of anilines is 2. The Bertz CT molecular complexity index is 541. The molecule has 126 valence electrons. The molecule has 1 aromatic rings. The monoisotopic (exact) mass is 337 g/mol. The Morgan fingerprint density at radius 1 is 1.26 bits per heavy atom. The van der Waals surface area contributed by atoms with E-state index < -0.39 is 0 Å². The van der Waals surface area contributed by atoms with Gasteiger partial charge in [0, 0.05) is 36.8 Å². The van der Waals surface area contributed by atoms with Gasteiger partial charge in [-0.2, -0.15) is 0 Å². The first-order valence-corrected chi connectivity index (χ1v) is 8.16. The summed E-state index contributed by atoms with van der Waals surface area (Å²) in [7, 11) is 0. The van der Waals surface area contributed by atoms with E-state index in [1.54, 1.807) is 4.90 Å². The zero-order valence-electron chi connectivity index (χ0n) is 13.2. The van der Waals surface area contributed by atoms with Crippen molar-refractivity contribution in [2.45, 2.75) is 44.6 Å². The maximum Gasteiger partial charge on any atom is 0.227 e. The van der Waals surface area contributed by atoms with Crippen molar-refractivity contribution in [2.75, 3.05) is 23.3 Å². The number of amides is 2. The fourth-order valence-corrected chi connectivity index (χ4v) is 3.18. The second kappa shape index (κ2) is 8.31. The molecule has 5 nitrogen and oxygen atoms in total. The van der Waals surface area contributed by atoms with Crippen LogP contribution in [0.3, 0.4) is 0 Å². The zero-order valence-corrected chi connectivity index (χ0v) is 14.0. The van der Waals surface area contributed by atoms with Crippen molar-refractivity contribution in [3.63, 3.8) is 0 Å². The van der Waals surface area contributed by atoms with E-state index in [1.807, 2.05) is 24.3 Å². The number of benzene rings is 1.